The van der Waals surface area contributed by atoms with Crippen molar-refractivity contribution in [2.24, 2.45) is 0 Å². The van der Waals surface area contributed by atoms with Crippen molar-refractivity contribution < 1.29 is 4.79 Å². The summed E-state index contributed by atoms with van der Waals surface area (Å²) in [6, 6.07) is 7.56. The first kappa shape index (κ1) is 16.0. The molecule has 0 aliphatic heterocycles. The van der Waals surface area contributed by atoms with Crippen LogP contribution in [0.4, 0.5) is 10.5 Å². The molecule has 106 valence electrons. The van der Waals surface area contributed by atoms with Crippen LogP contribution in [0, 0.1) is 0 Å². The molecule has 0 aromatic heterocycles. The number of nitrogens with one attached hydrogen (secondary N) is 2. The number of carbonyl (C=O) groups excluding carboxylic acids is 1. The Morgan fingerprint density at radius 1 is 1.32 bits per heavy atom. The molecular weight excluding hydrogens is 306 g/mol. The van der Waals surface area contributed by atoms with Gasteiger partial charge in [-0.25, -0.2) is 4.79 Å². The topological polar surface area (TPSA) is 44.4 Å². The predicted molar refractivity (Wildman–Crippen MR) is 83.5 cm³/mol. The van der Waals surface area contributed by atoms with E-state index in [0.717, 1.165) is 29.5 Å². The van der Waals surface area contributed by atoms with Crippen LogP contribution < -0.4 is 10.6 Å². The van der Waals surface area contributed by atoms with Gasteiger partial charge in [-0.05, 0) is 44.8 Å². The third-order valence-corrected chi connectivity index (χ3v) is 3.19. The molecule has 0 saturated heterocycles. The highest BCUT2D eigenvalue weighted by molar-refractivity contribution is 9.10. The van der Waals surface area contributed by atoms with Gasteiger partial charge in [0.2, 0.25) is 0 Å². The van der Waals surface area contributed by atoms with E-state index in [-0.39, 0.29) is 12.1 Å². The lowest BCUT2D eigenvalue weighted by atomic mass is 10.1. The van der Waals surface area contributed by atoms with Crippen LogP contribution in [-0.2, 0) is 0 Å². The van der Waals surface area contributed by atoms with E-state index >= 15 is 0 Å². The van der Waals surface area contributed by atoms with Crippen LogP contribution in [0.15, 0.2) is 28.7 Å². The summed E-state index contributed by atoms with van der Waals surface area (Å²) in [5.74, 6) is 0. The van der Waals surface area contributed by atoms with Crippen LogP contribution in [0.3, 0.4) is 0 Å². The van der Waals surface area contributed by atoms with E-state index in [9.17, 15) is 4.79 Å². The quantitative estimate of drug-likeness (QED) is 0.841. The van der Waals surface area contributed by atoms with E-state index in [0.29, 0.717) is 0 Å². The van der Waals surface area contributed by atoms with Gasteiger partial charge in [0.15, 0.2) is 0 Å². The fourth-order valence-corrected chi connectivity index (χ4v) is 2.15. The Balaban J connectivity index is 2.49. The summed E-state index contributed by atoms with van der Waals surface area (Å²) in [6.07, 6.45) is 2.03. The second kappa shape index (κ2) is 8.17. The van der Waals surface area contributed by atoms with Crippen LogP contribution in [0.5, 0.6) is 0 Å². The van der Waals surface area contributed by atoms with Crippen molar-refractivity contribution >= 4 is 27.6 Å². The lowest BCUT2D eigenvalue weighted by molar-refractivity contribution is 0.242. The summed E-state index contributed by atoms with van der Waals surface area (Å²) in [5, 5.41) is 5.85. The summed E-state index contributed by atoms with van der Waals surface area (Å²) in [6.45, 7) is 2.97. The van der Waals surface area contributed by atoms with E-state index < -0.39 is 0 Å². The van der Waals surface area contributed by atoms with Gasteiger partial charge in [-0.3, -0.25) is 0 Å². The highest BCUT2D eigenvalue weighted by atomic mass is 79.9. The molecule has 1 atom stereocenters. The van der Waals surface area contributed by atoms with Crippen LogP contribution in [0.1, 0.15) is 19.8 Å². The lowest BCUT2D eigenvalue weighted by Gasteiger charge is -2.22. The smallest absolute Gasteiger partial charge is 0.319 e. The first-order chi connectivity index (χ1) is 9.01. The molecule has 0 radical (unpaired) electrons. The number of hydrogen-bond acceptors (Lipinski definition) is 2. The van der Waals surface area contributed by atoms with Gasteiger partial charge in [0, 0.05) is 22.7 Å². The van der Waals surface area contributed by atoms with Gasteiger partial charge in [0.05, 0.1) is 0 Å². The van der Waals surface area contributed by atoms with Gasteiger partial charge in [0.25, 0.3) is 0 Å². The molecule has 1 aromatic carbocycles. The Morgan fingerprint density at radius 2 is 1.95 bits per heavy atom. The summed E-state index contributed by atoms with van der Waals surface area (Å²) < 4.78 is 0.995. The van der Waals surface area contributed by atoms with Crippen molar-refractivity contribution in [3.63, 3.8) is 0 Å². The fraction of sp³-hybridized carbons (Fsp3) is 0.500. The highest BCUT2D eigenvalue weighted by Crippen LogP contribution is 2.14. The number of likely N-dealkylation sites (N-methyl/N-ethyl adjacent to an activating group) is 1. The maximum absolute atomic E-state index is 11.9. The van der Waals surface area contributed by atoms with Gasteiger partial charge in [-0.2, -0.15) is 0 Å². The summed E-state index contributed by atoms with van der Waals surface area (Å²) in [5.41, 5.74) is 0.792. The van der Waals surface area contributed by atoms with E-state index in [1.54, 1.807) is 0 Å². The molecule has 0 saturated carbocycles. The second-order valence-corrected chi connectivity index (χ2v) is 5.77. The average molecular weight is 328 g/mol. The SMILES string of the molecule is CCCC(CN(C)C)NC(=O)Nc1ccc(Br)cc1. The molecule has 0 fully saturated rings. The molecule has 0 aliphatic carbocycles. The Kier molecular flexibility index (Phi) is 6.87. The minimum absolute atomic E-state index is 0.150. The summed E-state index contributed by atoms with van der Waals surface area (Å²) in [7, 11) is 4.02. The lowest BCUT2D eigenvalue weighted by Crippen LogP contribution is -2.43. The molecule has 1 rings (SSSR count). The molecule has 0 spiro atoms. The number of hydrogen-bond donors (Lipinski definition) is 2. The first-order valence-corrected chi connectivity index (χ1v) is 7.28. The van der Waals surface area contributed by atoms with Crippen molar-refractivity contribution in [1.82, 2.24) is 10.2 Å². The second-order valence-electron chi connectivity index (χ2n) is 4.85. The van der Waals surface area contributed by atoms with Gasteiger partial charge < -0.3 is 15.5 Å². The number of benzene rings is 1. The number of rotatable bonds is 6. The van der Waals surface area contributed by atoms with Crippen LogP contribution >= 0.6 is 15.9 Å². The van der Waals surface area contributed by atoms with Crippen molar-refractivity contribution in [3.8, 4) is 0 Å². The maximum atomic E-state index is 11.9. The molecular formula is C14H22BrN3O. The Bertz CT molecular complexity index is 392. The molecule has 2 N–H and O–H groups in total. The monoisotopic (exact) mass is 327 g/mol. The molecule has 0 bridgehead atoms. The standard InChI is InChI=1S/C14H22BrN3O/c1-4-5-13(10-18(2)3)17-14(19)16-12-8-6-11(15)7-9-12/h6-9,13H,4-5,10H2,1-3H3,(H2,16,17,19). The fourth-order valence-electron chi connectivity index (χ4n) is 1.88. The molecule has 2 amide bonds. The molecule has 1 aromatic rings. The highest BCUT2D eigenvalue weighted by Gasteiger charge is 2.12. The molecule has 4 nitrogen and oxygen atoms in total. The van der Waals surface area contributed by atoms with Gasteiger partial charge >= 0.3 is 6.03 Å². The predicted octanol–water partition coefficient (Wildman–Crippen LogP) is 3.30. The number of halogens is 1. The number of urea groups is 1. The van der Waals surface area contributed by atoms with Crippen molar-refractivity contribution in [2.75, 3.05) is 26.0 Å². The Hall–Kier alpha value is -1.07. The zero-order valence-electron chi connectivity index (χ0n) is 11.7. The zero-order valence-corrected chi connectivity index (χ0v) is 13.3. The van der Waals surface area contributed by atoms with Gasteiger partial charge in [0.1, 0.15) is 0 Å². The summed E-state index contributed by atoms with van der Waals surface area (Å²) in [4.78, 5) is 14.0. The summed E-state index contributed by atoms with van der Waals surface area (Å²) >= 11 is 3.37. The normalized spacial score (nSPS) is 12.3. The first-order valence-electron chi connectivity index (χ1n) is 6.49. The van der Waals surface area contributed by atoms with Crippen LogP contribution in [0.2, 0.25) is 0 Å². The number of carbonyl (C=O) groups is 1. The number of amides is 2. The molecule has 0 heterocycles. The van der Waals surface area contributed by atoms with Crippen LogP contribution in [0.25, 0.3) is 0 Å². The third kappa shape index (κ3) is 6.59. The van der Waals surface area contributed by atoms with E-state index in [2.05, 4.69) is 38.4 Å². The van der Waals surface area contributed by atoms with Crippen molar-refractivity contribution in [2.45, 2.75) is 25.8 Å². The van der Waals surface area contributed by atoms with E-state index in [1.165, 1.54) is 0 Å². The number of anilines is 1. The van der Waals surface area contributed by atoms with Gasteiger partial charge in [-0.15, -0.1) is 0 Å². The minimum atomic E-state index is -0.150. The third-order valence-electron chi connectivity index (χ3n) is 2.66. The number of nitrogens with zero attached hydrogens (tertiary/aromatic N) is 1. The Morgan fingerprint density at radius 3 is 2.47 bits per heavy atom. The largest absolute Gasteiger partial charge is 0.334 e. The molecule has 19 heavy (non-hydrogen) atoms. The molecule has 1 unspecified atom stereocenters. The zero-order chi connectivity index (χ0) is 14.3. The Labute approximate surface area is 123 Å². The van der Waals surface area contributed by atoms with E-state index in [1.807, 2.05) is 38.4 Å². The maximum Gasteiger partial charge on any atom is 0.319 e. The minimum Gasteiger partial charge on any atom is -0.334 e. The molecule has 5 heteroatoms. The molecule has 0 aliphatic rings. The van der Waals surface area contributed by atoms with Crippen LogP contribution in [-0.4, -0.2) is 37.6 Å². The average Bonchev–Trinajstić information content (AvgIpc) is 2.31. The van der Waals surface area contributed by atoms with E-state index in [4.69, 9.17) is 0 Å². The van der Waals surface area contributed by atoms with Gasteiger partial charge in [-0.1, -0.05) is 29.3 Å². The van der Waals surface area contributed by atoms with Crippen molar-refractivity contribution in [3.05, 3.63) is 28.7 Å². The van der Waals surface area contributed by atoms with Crippen molar-refractivity contribution in [1.29, 1.82) is 0 Å².